The number of hydrogen-bond donors (Lipinski definition) is 2. The van der Waals surface area contributed by atoms with Gasteiger partial charge in [0.05, 0.1) is 6.54 Å². The molecule has 3 aromatic carbocycles. The Labute approximate surface area is 180 Å². The van der Waals surface area contributed by atoms with Crippen LogP contribution in [-0.2, 0) is 16.1 Å². The lowest BCUT2D eigenvalue weighted by molar-refractivity contribution is -0.126. The minimum absolute atomic E-state index is 0.0525. The third kappa shape index (κ3) is 5.12. The fourth-order valence-corrected chi connectivity index (χ4v) is 3.16. The second-order valence-corrected chi connectivity index (χ2v) is 6.98. The Morgan fingerprint density at radius 1 is 0.871 bits per heavy atom. The smallest absolute Gasteiger partial charge is 0.292 e. The number of carbonyl (C=O) groups is 2. The van der Waals surface area contributed by atoms with Crippen LogP contribution in [-0.4, -0.2) is 29.2 Å². The predicted octanol–water partition coefficient (Wildman–Crippen LogP) is 3.14. The van der Waals surface area contributed by atoms with Crippen LogP contribution in [0.25, 0.3) is 6.08 Å². The van der Waals surface area contributed by atoms with Crippen molar-refractivity contribution in [3.8, 4) is 0 Å². The van der Waals surface area contributed by atoms with Gasteiger partial charge in [0.1, 0.15) is 5.70 Å². The largest absolute Gasteiger partial charge is 0.351 e. The van der Waals surface area contributed by atoms with Crippen LogP contribution in [0.1, 0.15) is 16.7 Å². The summed E-state index contributed by atoms with van der Waals surface area (Å²) in [4.78, 5) is 29.9. The third-order valence-corrected chi connectivity index (χ3v) is 4.73. The standard InChI is InChI=1S/C25H22N4O2/c30-23(26-17-20-12-6-2-7-13-20)18-27-29-24(21-14-8-3-9-15-21)28-22(25(29)31)16-19-10-4-1-5-11-19/h1-16,27H,17-18H2,(H,26,30)/b22-16-. The maximum atomic E-state index is 13.0. The molecule has 6 nitrogen and oxygen atoms in total. The van der Waals surface area contributed by atoms with Gasteiger partial charge in [0.2, 0.25) is 5.91 Å². The monoisotopic (exact) mass is 410 g/mol. The normalized spacial score (nSPS) is 14.6. The Kier molecular flexibility index (Phi) is 6.30. The van der Waals surface area contributed by atoms with Gasteiger partial charge in [0.15, 0.2) is 5.84 Å². The van der Waals surface area contributed by atoms with Crippen molar-refractivity contribution in [2.75, 3.05) is 6.54 Å². The van der Waals surface area contributed by atoms with Crippen molar-refractivity contribution >= 4 is 23.7 Å². The Morgan fingerprint density at radius 2 is 1.48 bits per heavy atom. The molecule has 0 aliphatic carbocycles. The van der Waals surface area contributed by atoms with Crippen LogP contribution in [0.15, 0.2) is 102 Å². The molecule has 4 rings (SSSR count). The number of nitrogens with one attached hydrogen (secondary N) is 2. The topological polar surface area (TPSA) is 73.8 Å². The highest BCUT2D eigenvalue weighted by atomic mass is 16.2. The van der Waals surface area contributed by atoms with E-state index in [1.54, 1.807) is 6.08 Å². The van der Waals surface area contributed by atoms with E-state index in [-0.39, 0.29) is 18.4 Å². The minimum Gasteiger partial charge on any atom is -0.351 e. The highest BCUT2D eigenvalue weighted by molar-refractivity contribution is 6.19. The second kappa shape index (κ2) is 9.65. The summed E-state index contributed by atoms with van der Waals surface area (Å²) < 4.78 is 0. The van der Waals surface area contributed by atoms with E-state index in [2.05, 4.69) is 15.7 Å². The summed E-state index contributed by atoms with van der Waals surface area (Å²) in [5.74, 6) is -0.0632. The van der Waals surface area contributed by atoms with Crippen LogP contribution in [0.2, 0.25) is 0 Å². The van der Waals surface area contributed by atoms with Gasteiger partial charge in [-0.3, -0.25) is 9.59 Å². The van der Waals surface area contributed by atoms with E-state index < -0.39 is 0 Å². The number of rotatable bonds is 7. The van der Waals surface area contributed by atoms with E-state index in [1.165, 1.54) is 5.01 Å². The number of hydrogen-bond acceptors (Lipinski definition) is 4. The lowest BCUT2D eigenvalue weighted by atomic mass is 10.2. The number of carbonyl (C=O) groups excluding carboxylic acids is 2. The van der Waals surface area contributed by atoms with Crippen molar-refractivity contribution < 1.29 is 9.59 Å². The molecule has 2 amide bonds. The molecule has 3 aromatic rings. The van der Waals surface area contributed by atoms with Crippen molar-refractivity contribution in [1.29, 1.82) is 0 Å². The van der Waals surface area contributed by atoms with Crippen LogP contribution >= 0.6 is 0 Å². The van der Waals surface area contributed by atoms with Gasteiger partial charge in [-0.25, -0.2) is 15.4 Å². The van der Waals surface area contributed by atoms with Crippen molar-refractivity contribution in [3.05, 3.63) is 113 Å². The van der Waals surface area contributed by atoms with Crippen molar-refractivity contribution in [3.63, 3.8) is 0 Å². The first-order chi connectivity index (χ1) is 15.2. The van der Waals surface area contributed by atoms with Crippen molar-refractivity contribution in [2.45, 2.75) is 6.54 Å². The average Bonchev–Trinajstić information content (AvgIpc) is 3.13. The molecule has 0 radical (unpaired) electrons. The highest BCUT2D eigenvalue weighted by Crippen LogP contribution is 2.20. The van der Waals surface area contributed by atoms with E-state index in [4.69, 9.17) is 0 Å². The van der Waals surface area contributed by atoms with E-state index >= 15 is 0 Å². The van der Waals surface area contributed by atoms with Gasteiger partial charge in [-0.15, -0.1) is 0 Å². The van der Waals surface area contributed by atoms with Crippen LogP contribution in [0.3, 0.4) is 0 Å². The summed E-state index contributed by atoms with van der Waals surface area (Å²) in [6.07, 6.45) is 1.74. The molecule has 0 saturated carbocycles. The predicted molar refractivity (Wildman–Crippen MR) is 121 cm³/mol. The number of hydrazine groups is 1. The molecule has 2 N–H and O–H groups in total. The van der Waals surface area contributed by atoms with E-state index in [9.17, 15) is 9.59 Å². The average molecular weight is 410 g/mol. The Bertz CT molecular complexity index is 1110. The molecule has 1 heterocycles. The number of aliphatic imine (C=N–C) groups is 1. The lowest BCUT2D eigenvalue weighted by Crippen LogP contribution is -2.48. The maximum absolute atomic E-state index is 13.0. The SMILES string of the molecule is O=C(CNN1C(=O)/C(=C/c2ccccc2)N=C1c1ccccc1)NCc1ccccc1. The molecule has 31 heavy (non-hydrogen) atoms. The minimum atomic E-state index is -0.307. The first-order valence-electron chi connectivity index (χ1n) is 10.00. The number of benzene rings is 3. The van der Waals surface area contributed by atoms with Crippen LogP contribution in [0.4, 0.5) is 0 Å². The van der Waals surface area contributed by atoms with E-state index in [0.29, 0.717) is 18.1 Å². The molecular formula is C25H22N4O2. The molecule has 1 aliphatic rings. The Balaban J connectivity index is 1.48. The molecule has 0 fully saturated rings. The summed E-state index contributed by atoms with van der Waals surface area (Å²) in [5.41, 5.74) is 5.91. The van der Waals surface area contributed by atoms with Crippen molar-refractivity contribution in [2.24, 2.45) is 4.99 Å². The summed E-state index contributed by atoms with van der Waals surface area (Å²) in [7, 11) is 0. The zero-order valence-electron chi connectivity index (χ0n) is 16.9. The molecule has 0 atom stereocenters. The van der Waals surface area contributed by atoms with Gasteiger partial charge in [-0.05, 0) is 17.2 Å². The summed E-state index contributed by atoms with van der Waals surface area (Å²) in [6.45, 7) is 0.372. The lowest BCUT2D eigenvalue weighted by Gasteiger charge is -2.19. The number of amides is 2. The second-order valence-electron chi connectivity index (χ2n) is 6.98. The van der Waals surface area contributed by atoms with Crippen LogP contribution in [0, 0.1) is 0 Å². The van der Waals surface area contributed by atoms with Gasteiger partial charge >= 0.3 is 0 Å². The third-order valence-electron chi connectivity index (χ3n) is 4.73. The van der Waals surface area contributed by atoms with Crippen molar-refractivity contribution in [1.82, 2.24) is 15.8 Å². The fraction of sp³-hybridized carbons (Fsp3) is 0.0800. The molecule has 0 saturated heterocycles. The first-order valence-corrected chi connectivity index (χ1v) is 10.00. The van der Waals surface area contributed by atoms with Gasteiger partial charge in [0, 0.05) is 12.1 Å². The molecule has 0 spiro atoms. The van der Waals surface area contributed by atoms with E-state index in [1.807, 2.05) is 91.0 Å². The zero-order chi connectivity index (χ0) is 21.5. The molecule has 1 aliphatic heterocycles. The molecule has 0 unspecified atom stereocenters. The van der Waals surface area contributed by atoms with Gasteiger partial charge in [0.25, 0.3) is 5.91 Å². The Morgan fingerprint density at radius 3 is 2.16 bits per heavy atom. The number of amidine groups is 1. The zero-order valence-corrected chi connectivity index (χ0v) is 16.9. The summed E-state index contributed by atoms with van der Waals surface area (Å²) in [6, 6.07) is 28.6. The molecule has 154 valence electrons. The summed E-state index contributed by atoms with van der Waals surface area (Å²) in [5, 5.41) is 4.19. The quantitative estimate of drug-likeness (QED) is 0.588. The molecule has 0 aromatic heterocycles. The number of nitrogens with zero attached hydrogens (tertiary/aromatic N) is 2. The molecular weight excluding hydrogens is 388 g/mol. The van der Waals surface area contributed by atoms with Crippen LogP contribution in [0.5, 0.6) is 0 Å². The summed E-state index contributed by atoms with van der Waals surface area (Å²) >= 11 is 0. The molecule has 0 bridgehead atoms. The fourth-order valence-electron chi connectivity index (χ4n) is 3.16. The maximum Gasteiger partial charge on any atom is 0.292 e. The highest BCUT2D eigenvalue weighted by Gasteiger charge is 2.31. The molecule has 6 heteroatoms. The van der Waals surface area contributed by atoms with Gasteiger partial charge in [-0.1, -0.05) is 91.0 Å². The van der Waals surface area contributed by atoms with E-state index in [0.717, 1.165) is 16.7 Å². The van der Waals surface area contributed by atoms with Crippen LogP contribution < -0.4 is 10.7 Å². The van der Waals surface area contributed by atoms with Gasteiger partial charge < -0.3 is 5.32 Å². The Hall–Kier alpha value is -4.03. The first kappa shape index (κ1) is 20.3. The van der Waals surface area contributed by atoms with Gasteiger partial charge in [-0.2, -0.15) is 0 Å².